The molecule has 0 aliphatic carbocycles. The summed E-state index contributed by atoms with van der Waals surface area (Å²) in [6.07, 6.45) is 0.912. The molecule has 0 unspecified atom stereocenters. The van der Waals surface area contributed by atoms with Gasteiger partial charge in [-0.3, -0.25) is 10.1 Å². The Labute approximate surface area is 134 Å². The topological polar surface area (TPSA) is 70.8 Å². The van der Waals surface area contributed by atoms with Crippen molar-refractivity contribution in [1.29, 1.82) is 0 Å². The van der Waals surface area contributed by atoms with E-state index in [9.17, 15) is 10.1 Å². The first-order chi connectivity index (χ1) is 11.2. The zero-order valence-electron chi connectivity index (χ0n) is 12.9. The Hall–Kier alpha value is -2.76. The van der Waals surface area contributed by atoms with Crippen LogP contribution in [0.2, 0.25) is 0 Å². The lowest BCUT2D eigenvalue weighted by Crippen LogP contribution is -2.10. The molecular formula is C17H19NO5. The number of rotatable bonds is 9. The molecule has 0 heterocycles. The smallest absolute Gasteiger partial charge is 0.310 e. The van der Waals surface area contributed by atoms with Crippen LogP contribution in [0.25, 0.3) is 0 Å². The first-order valence-corrected chi connectivity index (χ1v) is 7.43. The maximum Gasteiger partial charge on any atom is 0.310 e. The fraction of sp³-hybridized carbons (Fsp3) is 0.294. The quantitative estimate of drug-likeness (QED) is 0.399. The summed E-state index contributed by atoms with van der Waals surface area (Å²) >= 11 is 0. The monoisotopic (exact) mass is 317 g/mol. The zero-order valence-corrected chi connectivity index (χ0v) is 12.9. The molecule has 2 aromatic carbocycles. The highest BCUT2D eigenvalue weighted by Crippen LogP contribution is 2.27. The van der Waals surface area contributed by atoms with Crippen LogP contribution in [0.3, 0.4) is 0 Å². The predicted molar refractivity (Wildman–Crippen MR) is 86.3 cm³/mol. The van der Waals surface area contributed by atoms with Crippen molar-refractivity contribution in [3.05, 3.63) is 58.6 Å². The van der Waals surface area contributed by atoms with E-state index < -0.39 is 4.92 Å². The van der Waals surface area contributed by atoms with E-state index in [-0.39, 0.29) is 24.7 Å². The Bertz CT molecular complexity index is 644. The van der Waals surface area contributed by atoms with Crippen molar-refractivity contribution in [2.24, 2.45) is 0 Å². The van der Waals surface area contributed by atoms with Crippen LogP contribution in [0, 0.1) is 10.1 Å². The number of para-hydroxylation sites is 4. The zero-order chi connectivity index (χ0) is 16.5. The summed E-state index contributed by atoms with van der Waals surface area (Å²) in [5.41, 5.74) is -0.0563. The number of ether oxygens (including phenoxy) is 3. The number of nitro benzene ring substituents is 1. The second kappa shape index (κ2) is 8.63. The van der Waals surface area contributed by atoms with Crippen molar-refractivity contribution in [1.82, 2.24) is 0 Å². The molecule has 0 bridgehead atoms. The molecule has 6 heteroatoms. The molecule has 23 heavy (non-hydrogen) atoms. The van der Waals surface area contributed by atoms with Crippen molar-refractivity contribution in [3.8, 4) is 17.2 Å². The maximum atomic E-state index is 10.9. The predicted octanol–water partition coefficient (Wildman–Crippen LogP) is 3.84. The van der Waals surface area contributed by atoms with Gasteiger partial charge in [-0.2, -0.15) is 0 Å². The van der Waals surface area contributed by atoms with Gasteiger partial charge in [0.1, 0.15) is 13.2 Å². The second-order valence-corrected chi connectivity index (χ2v) is 4.72. The lowest BCUT2D eigenvalue weighted by molar-refractivity contribution is -0.385. The third-order valence-electron chi connectivity index (χ3n) is 2.97. The van der Waals surface area contributed by atoms with Gasteiger partial charge in [0, 0.05) is 6.07 Å². The summed E-state index contributed by atoms with van der Waals surface area (Å²) < 4.78 is 16.7. The summed E-state index contributed by atoms with van der Waals surface area (Å²) in [5.74, 6) is 1.55. The molecule has 0 fully saturated rings. The normalized spacial score (nSPS) is 10.1. The van der Waals surface area contributed by atoms with Crippen molar-refractivity contribution in [3.63, 3.8) is 0 Å². The maximum absolute atomic E-state index is 10.9. The minimum Gasteiger partial charge on any atom is -0.490 e. The molecule has 6 nitrogen and oxygen atoms in total. The van der Waals surface area contributed by atoms with Gasteiger partial charge in [-0.15, -0.1) is 0 Å². The summed E-state index contributed by atoms with van der Waals surface area (Å²) in [4.78, 5) is 10.4. The molecule has 0 radical (unpaired) electrons. The molecular weight excluding hydrogens is 298 g/mol. The molecule has 0 aromatic heterocycles. The highest BCUT2D eigenvalue weighted by molar-refractivity contribution is 5.45. The number of nitrogens with zero attached hydrogens (tertiary/aromatic N) is 1. The fourth-order valence-corrected chi connectivity index (χ4v) is 1.93. The van der Waals surface area contributed by atoms with Crippen LogP contribution in [-0.2, 0) is 0 Å². The summed E-state index contributed by atoms with van der Waals surface area (Å²) in [7, 11) is 0. The van der Waals surface area contributed by atoms with Gasteiger partial charge in [0.05, 0.1) is 11.5 Å². The molecule has 0 spiro atoms. The van der Waals surface area contributed by atoms with Crippen LogP contribution in [0.1, 0.15) is 13.3 Å². The number of nitro groups is 1. The van der Waals surface area contributed by atoms with Crippen molar-refractivity contribution < 1.29 is 19.1 Å². The Kier molecular flexibility index (Phi) is 6.23. The Morgan fingerprint density at radius 2 is 1.30 bits per heavy atom. The average Bonchev–Trinajstić information content (AvgIpc) is 2.58. The van der Waals surface area contributed by atoms with Gasteiger partial charge in [0.2, 0.25) is 0 Å². The van der Waals surface area contributed by atoms with Gasteiger partial charge in [0.15, 0.2) is 17.2 Å². The molecule has 0 saturated heterocycles. The number of benzene rings is 2. The fourth-order valence-electron chi connectivity index (χ4n) is 1.93. The molecule has 2 aromatic rings. The standard InChI is InChI=1S/C17H19NO5/c1-2-11-21-16-9-5-6-10-17(16)23-13-12-22-15-8-4-3-7-14(15)18(19)20/h3-10H,2,11-13H2,1H3. The van der Waals surface area contributed by atoms with Crippen LogP contribution in [0.15, 0.2) is 48.5 Å². The first kappa shape index (κ1) is 16.6. The van der Waals surface area contributed by atoms with Crippen molar-refractivity contribution in [2.45, 2.75) is 13.3 Å². The molecule has 0 amide bonds. The highest BCUT2D eigenvalue weighted by atomic mass is 16.6. The summed E-state index contributed by atoms with van der Waals surface area (Å²) in [6, 6.07) is 13.7. The summed E-state index contributed by atoms with van der Waals surface area (Å²) in [5, 5.41) is 10.9. The van der Waals surface area contributed by atoms with E-state index in [2.05, 4.69) is 0 Å². The molecule has 0 aliphatic rings. The van der Waals surface area contributed by atoms with Gasteiger partial charge in [-0.05, 0) is 24.6 Å². The average molecular weight is 317 g/mol. The first-order valence-electron chi connectivity index (χ1n) is 7.43. The van der Waals surface area contributed by atoms with Gasteiger partial charge in [-0.25, -0.2) is 0 Å². The van der Waals surface area contributed by atoms with Gasteiger partial charge >= 0.3 is 5.69 Å². The molecule has 2 rings (SSSR count). The molecule has 0 N–H and O–H groups in total. The van der Waals surface area contributed by atoms with E-state index in [0.717, 1.165) is 6.42 Å². The highest BCUT2D eigenvalue weighted by Gasteiger charge is 2.13. The largest absolute Gasteiger partial charge is 0.490 e. The van der Waals surface area contributed by atoms with Crippen molar-refractivity contribution >= 4 is 5.69 Å². The van der Waals surface area contributed by atoms with Crippen LogP contribution < -0.4 is 14.2 Å². The van der Waals surface area contributed by atoms with Crippen LogP contribution in [0.4, 0.5) is 5.69 Å². The van der Waals surface area contributed by atoms with E-state index in [1.165, 1.54) is 6.07 Å². The minimum atomic E-state index is -0.468. The molecule has 0 atom stereocenters. The van der Waals surface area contributed by atoms with Gasteiger partial charge in [0.25, 0.3) is 0 Å². The second-order valence-electron chi connectivity index (χ2n) is 4.72. The number of hydrogen-bond donors (Lipinski definition) is 0. The van der Waals surface area contributed by atoms with Crippen molar-refractivity contribution in [2.75, 3.05) is 19.8 Å². The van der Waals surface area contributed by atoms with E-state index in [1.807, 2.05) is 31.2 Å². The minimum absolute atomic E-state index is 0.0563. The van der Waals surface area contributed by atoms with Gasteiger partial charge in [-0.1, -0.05) is 31.2 Å². The lowest BCUT2D eigenvalue weighted by Gasteiger charge is -2.12. The van der Waals surface area contributed by atoms with Crippen LogP contribution in [0.5, 0.6) is 17.2 Å². The van der Waals surface area contributed by atoms with Gasteiger partial charge < -0.3 is 14.2 Å². The van der Waals surface area contributed by atoms with E-state index in [0.29, 0.717) is 18.1 Å². The Morgan fingerprint density at radius 1 is 0.826 bits per heavy atom. The lowest BCUT2D eigenvalue weighted by atomic mass is 10.3. The summed E-state index contributed by atoms with van der Waals surface area (Å²) in [6.45, 7) is 3.11. The third kappa shape index (κ3) is 4.88. The van der Waals surface area contributed by atoms with Crippen LogP contribution >= 0.6 is 0 Å². The number of hydrogen-bond acceptors (Lipinski definition) is 5. The molecule has 0 saturated carbocycles. The third-order valence-corrected chi connectivity index (χ3v) is 2.97. The van der Waals surface area contributed by atoms with Crippen LogP contribution in [-0.4, -0.2) is 24.7 Å². The van der Waals surface area contributed by atoms with E-state index in [4.69, 9.17) is 14.2 Å². The Morgan fingerprint density at radius 3 is 1.87 bits per heavy atom. The Balaban J connectivity index is 1.88. The van der Waals surface area contributed by atoms with E-state index in [1.54, 1.807) is 18.2 Å². The van der Waals surface area contributed by atoms with E-state index >= 15 is 0 Å². The SMILES string of the molecule is CCCOc1ccccc1OCCOc1ccccc1[N+](=O)[O-]. The molecule has 122 valence electrons. The molecule has 0 aliphatic heterocycles.